The lowest BCUT2D eigenvalue weighted by atomic mass is 10.0. The number of nitrogens with one attached hydrogen (secondary N) is 1. The van der Waals surface area contributed by atoms with Crippen LogP contribution >= 0.6 is 0 Å². The Bertz CT molecular complexity index is 554. The quantitative estimate of drug-likeness (QED) is 0.464. The lowest BCUT2D eigenvalue weighted by Gasteiger charge is -2.13. The average Bonchev–Trinajstić information content (AvgIpc) is 2.32. The molecule has 0 bridgehead atoms. The number of hydrogen-bond acceptors (Lipinski definition) is 5. The van der Waals surface area contributed by atoms with Crippen LogP contribution in [0.15, 0.2) is 36.4 Å². The Morgan fingerprint density at radius 2 is 1.35 bits per heavy atom. The maximum absolute atomic E-state index is 10.5. The molecule has 0 aromatic heterocycles. The molecule has 88 valence electrons. The van der Waals surface area contributed by atoms with E-state index in [1.807, 2.05) is 6.07 Å². The van der Waals surface area contributed by atoms with Crippen LogP contribution in [0.5, 0.6) is 0 Å². The van der Waals surface area contributed by atoms with Gasteiger partial charge in [0.15, 0.2) is 0 Å². The van der Waals surface area contributed by atoms with E-state index in [0.29, 0.717) is 22.7 Å². The molecule has 0 heterocycles. The summed E-state index contributed by atoms with van der Waals surface area (Å²) in [6, 6.07) is 10.5. The second-order valence-corrected chi connectivity index (χ2v) is 3.75. The van der Waals surface area contributed by atoms with Crippen LogP contribution in [0.2, 0.25) is 0 Å². The Kier molecular flexibility index (Phi) is 2.76. The molecule has 5 heteroatoms. The maximum atomic E-state index is 10.5. The predicted octanol–water partition coefficient (Wildman–Crippen LogP) is 2.01. The summed E-state index contributed by atoms with van der Waals surface area (Å²) in [6.45, 7) is 0. The third-order valence-corrected chi connectivity index (χ3v) is 2.58. The average molecular weight is 229 g/mol. The van der Waals surface area contributed by atoms with Gasteiger partial charge in [0.1, 0.15) is 0 Å². The summed E-state index contributed by atoms with van der Waals surface area (Å²) in [4.78, 5) is 0. The molecule has 0 aliphatic heterocycles. The van der Waals surface area contributed by atoms with E-state index in [9.17, 15) is 5.21 Å². The molecule has 0 radical (unpaired) electrons. The zero-order valence-corrected chi connectivity index (χ0v) is 9.10. The standard InChI is InChI=1S/C12H13N4O/c13-9-3-1-7(5-10(9)14)8-2-4-12(16-17)11(15)6-8/h1-6,16H,13-15H2/q-1. The molecule has 0 atom stereocenters. The number of benzene rings is 2. The summed E-state index contributed by atoms with van der Waals surface area (Å²) in [5.41, 5.74) is 22.5. The first-order valence-corrected chi connectivity index (χ1v) is 5.05. The van der Waals surface area contributed by atoms with Gasteiger partial charge in [-0.25, -0.2) is 0 Å². The summed E-state index contributed by atoms with van der Waals surface area (Å²) in [5.74, 6) is 0. The minimum absolute atomic E-state index is 0.358. The van der Waals surface area contributed by atoms with Gasteiger partial charge >= 0.3 is 0 Å². The van der Waals surface area contributed by atoms with Crippen LogP contribution in [0.4, 0.5) is 22.7 Å². The van der Waals surface area contributed by atoms with Crippen LogP contribution < -0.4 is 22.7 Å². The van der Waals surface area contributed by atoms with Gasteiger partial charge in [-0.2, -0.15) is 0 Å². The zero-order chi connectivity index (χ0) is 12.4. The fourth-order valence-electron chi connectivity index (χ4n) is 1.59. The smallest absolute Gasteiger partial charge is 0.0554 e. The third kappa shape index (κ3) is 2.09. The SMILES string of the molecule is Nc1ccc(-c2ccc(N[O-])c(N)c2)cc1N. The fraction of sp³-hybridized carbons (Fsp3) is 0. The normalized spacial score (nSPS) is 10.2. The van der Waals surface area contributed by atoms with Crippen LogP contribution in [0, 0.1) is 5.21 Å². The van der Waals surface area contributed by atoms with E-state index < -0.39 is 0 Å². The highest BCUT2D eigenvalue weighted by Gasteiger charge is 2.03. The fourth-order valence-corrected chi connectivity index (χ4v) is 1.59. The van der Waals surface area contributed by atoms with Crippen LogP contribution in [-0.2, 0) is 0 Å². The van der Waals surface area contributed by atoms with E-state index >= 15 is 0 Å². The van der Waals surface area contributed by atoms with Crippen molar-refractivity contribution in [3.05, 3.63) is 41.6 Å². The van der Waals surface area contributed by atoms with E-state index in [0.717, 1.165) is 11.1 Å². The molecular weight excluding hydrogens is 216 g/mol. The van der Waals surface area contributed by atoms with Crippen molar-refractivity contribution in [2.24, 2.45) is 0 Å². The molecule has 2 aromatic rings. The molecule has 0 aliphatic carbocycles. The Morgan fingerprint density at radius 3 is 1.88 bits per heavy atom. The van der Waals surface area contributed by atoms with Gasteiger partial charge in [0.05, 0.1) is 17.1 Å². The van der Waals surface area contributed by atoms with Crippen LogP contribution in [0.25, 0.3) is 11.1 Å². The molecule has 7 N–H and O–H groups in total. The Hall–Kier alpha value is -2.40. The Labute approximate surface area is 98.8 Å². The molecule has 2 rings (SSSR count). The molecular formula is C12H13N4O-. The molecule has 0 unspecified atom stereocenters. The van der Waals surface area contributed by atoms with Crippen molar-refractivity contribution in [3.8, 4) is 11.1 Å². The van der Waals surface area contributed by atoms with Gasteiger partial charge in [0.2, 0.25) is 0 Å². The van der Waals surface area contributed by atoms with Crippen molar-refractivity contribution >= 4 is 22.7 Å². The number of nitrogens with two attached hydrogens (primary N) is 3. The van der Waals surface area contributed by atoms with Gasteiger partial charge < -0.3 is 27.9 Å². The van der Waals surface area contributed by atoms with E-state index in [4.69, 9.17) is 17.2 Å². The molecule has 0 saturated heterocycles. The topological polar surface area (TPSA) is 113 Å². The third-order valence-electron chi connectivity index (χ3n) is 2.58. The minimum atomic E-state index is 0.358. The highest BCUT2D eigenvalue weighted by molar-refractivity contribution is 5.79. The number of rotatable bonds is 2. The van der Waals surface area contributed by atoms with E-state index in [1.165, 1.54) is 0 Å². The maximum Gasteiger partial charge on any atom is 0.0554 e. The highest BCUT2D eigenvalue weighted by atomic mass is 16.5. The van der Waals surface area contributed by atoms with Gasteiger partial charge in [0.25, 0.3) is 0 Å². The summed E-state index contributed by atoms with van der Waals surface area (Å²) >= 11 is 0. The van der Waals surface area contributed by atoms with Crippen LogP contribution in [-0.4, -0.2) is 0 Å². The summed E-state index contributed by atoms with van der Waals surface area (Å²) in [6.07, 6.45) is 0. The van der Waals surface area contributed by atoms with Crippen LogP contribution in [0.1, 0.15) is 0 Å². The first kappa shape index (κ1) is 11.1. The van der Waals surface area contributed by atoms with Crippen molar-refractivity contribution in [1.29, 1.82) is 0 Å². The zero-order valence-electron chi connectivity index (χ0n) is 9.10. The summed E-state index contributed by atoms with van der Waals surface area (Å²) in [7, 11) is 0. The predicted molar refractivity (Wildman–Crippen MR) is 72.1 cm³/mol. The van der Waals surface area contributed by atoms with E-state index in [1.54, 1.807) is 35.8 Å². The molecule has 0 saturated carbocycles. The monoisotopic (exact) mass is 229 g/mol. The molecule has 0 fully saturated rings. The first-order valence-electron chi connectivity index (χ1n) is 5.05. The van der Waals surface area contributed by atoms with Gasteiger partial charge in [0, 0.05) is 5.69 Å². The Morgan fingerprint density at radius 1 is 0.765 bits per heavy atom. The van der Waals surface area contributed by atoms with Crippen molar-refractivity contribution in [2.75, 3.05) is 22.7 Å². The number of nitrogen functional groups attached to an aromatic ring is 3. The molecule has 0 spiro atoms. The summed E-state index contributed by atoms with van der Waals surface area (Å²) < 4.78 is 0. The largest absolute Gasteiger partial charge is 0.761 e. The summed E-state index contributed by atoms with van der Waals surface area (Å²) in [5, 5.41) is 10.5. The van der Waals surface area contributed by atoms with Crippen LogP contribution in [0.3, 0.4) is 0 Å². The minimum Gasteiger partial charge on any atom is -0.761 e. The number of anilines is 4. The molecule has 0 amide bonds. The lowest BCUT2D eigenvalue weighted by molar-refractivity contribution is 1.57. The Balaban J connectivity index is 2.46. The van der Waals surface area contributed by atoms with Crippen molar-refractivity contribution in [3.63, 3.8) is 0 Å². The van der Waals surface area contributed by atoms with Crippen molar-refractivity contribution in [2.45, 2.75) is 0 Å². The van der Waals surface area contributed by atoms with Crippen molar-refractivity contribution in [1.82, 2.24) is 0 Å². The van der Waals surface area contributed by atoms with E-state index in [-0.39, 0.29) is 0 Å². The molecule has 17 heavy (non-hydrogen) atoms. The number of hydrogen-bond donors (Lipinski definition) is 4. The molecule has 0 aliphatic rings. The first-order chi connectivity index (χ1) is 8.11. The van der Waals surface area contributed by atoms with Gasteiger partial charge in [-0.05, 0) is 35.4 Å². The second kappa shape index (κ2) is 4.23. The second-order valence-electron chi connectivity index (χ2n) is 3.75. The van der Waals surface area contributed by atoms with Crippen molar-refractivity contribution < 1.29 is 0 Å². The van der Waals surface area contributed by atoms with E-state index in [2.05, 4.69) is 0 Å². The van der Waals surface area contributed by atoms with Gasteiger partial charge in [-0.15, -0.1) is 0 Å². The van der Waals surface area contributed by atoms with Gasteiger partial charge in [-0.3, -0.25) is 0 Å². The lowest BCUT2D eigenvalue weighted by Crippen LogP contribution is -1.96. The van der Waals surface area contributed by atoms with Gasteiger partial charge in [-0.1, -0.05) is 12.1 Å². The highest BCUT2D eigenvalue weighted by Crippen LogP contribution is 2.29. The molecule has 2 aromatic carbocycles. The molecule has 5 nitrogen and oxygen atoms in total.